The number of carbonyl (C=O) groups excluding carboxylic acids is 2. The number of piperazine rings is 1. The zero-order valence-electron chi connectivity index (χ0n) is 13.5. The molecule has 1 saturated heterocycles. The molecule has 2 aliphatic rings. The molecule has 3 rings (SSSR count). The number of hydrogen-bond acceptors (Lipinski definition) is 4. The molecule has 0 bridgehead atoms. The average Bonchev–Trinajstić information content (AvgIpc) is 3.28. The quantitative estimate of drug-likeness (QED) is 0.893. The number of nitrogens with zero attached hydrogens (tertiary/aromatic N) is 2. The monoisotopic (exact) mass is 335 g/mol. The van der Waals surface area contributed by atoms with Gasteiger partial charge in [-0.25, -0.2) is 0 Å². The largest absolute Gasteiger partial charge is 0.351 e. The molecular weight excluding hydrogens is 310 g/mol. The van der Waals surface area contributed by atoms with E-state index >= 15 is 0 Å². The third kappa shape index (κ3) is 4.32. The molecule has 0 unspecified atom stereocenters. The molecule has 2 fully saturated rings. The van der Waals surface area contributed by atoms with Crippen LogP contribution in [0.3, 0.4) is 0 Å². The first kappa shape index (κ1) is 16.5. The van der Waals surface area contributed by atoms with Crippen molar-refractivity contribution in [3.05, 3.63) is 22.4 Å². The second kappa shape index (κ2) is 7.93. The first-order chi connectivity index (χ1) is 11.2. The number of amides is 2. The van der Waals surface area contributed by atoms with Gasteiger partial charge in [-0.1, -0.05) is 12.8 Å². The molecular formula is C17H25N3O2S. The summed E-state index contributed by atoms with van der Waals surface area (Å²) < 4.78 is 0. The van der Waals surface area contributed by atoms with Crippen molar-refractivity contribution < 1.29 is 9.59 Å². The highest BCUT2D eigenvalue weighted by atomic mass is 32.1. The molecule has 0 spiro atoms. The van der Waals surface area contributed by atoms with E-state index in [9.17, 15) is 9.59 Å². The van der Waals surface area contributed by atoms with Gasteiger partial charge in [-0.3, -0.25) is 14.5 Å². The summed E-state index contributed by atoms with van der Waals surface area (Å²) in [6, 6.07) is 1.84. The van der Waals surface area contributed by atoms with Crippen LogP contribution in [0.15, 0.2) is 16.8 Å². The lowest BCUT2D eigenvalue weighted by Gasteiger charge is -2.36. The van der Waals surface area contributed by atoms with Gasteiger partial charge in [0.25, 0.3) is 5.91 Å². The second-order valence-electron chi connectivity index (χ2n) is 6.42. The van der Waals surface area contributed by atoms with Crippen LogP contribution >= 0.6 is 11.3 Å². The molecule has 1 saturated carbocycles. The van der Waals surface area contributed by atoms with E-state index in [1.807, 2.05) is 21.7 Å². The third-order valence-corrected chi connectivity index (χ3v) is 5.57. The molecule has 6 heteroatoms. The lowest BCUT2D eigenvalue weighted by atomic mass is 10.1. The van der Waals surface area contributed by atoms with E-state index in [1.165, 1.54) is 24.2 Å². The molecule has 1 N–H and O–H groups in total. The lowest BCUT2D eigenvalue weighted by Crippen LogP contribution is -2.51. The summed E-state index contributed by atoms with van der Waals surface area (Å²) in [6.07, 6.45) is 4.57. The van der Waals surface area contributed by atoms with Crippen molar-refractivity contribution in [1.82, 2.24) is 15.1 Å². The van der Waals surface area contributed by atoms with Crippen LogP contribution in [-0.4, -0.2) is 60.9 Å². The van der Waals surface area contributed by atoms with Crippen LogP contribution in [0.25, 0.3) is 0 Å². The Hall–Kier alpha value is -1.40. The highest BCUT2D eigenvalue weighted by Crippen LogP contribution is 2.26. The number of nitrogens with one attached hydrogen (secondary N) is 1. The maximum atomic E-state index is 12.4. The normalized spacial score (nSPS) is 19.9. The van der Waals surface area contributed by atoms with Gasteiger partial charge >= 0.3 is 0 Å². The van der Waals surface area contributed by atoms with Gasteiger partial charge in [0, 0.05) is 56.1 Å². The van der Waals surface area contributed by atoms with Crippen LogP contribution in [0, 0.1) is 5.92 Å². The second-order valence-corrected chi connectivity index (χ2v) is 7.20. The molecule has 0 atom stereocenters. The third-order valence-electron chi connectivity index (χ3n) is 4.89. The van der Waals surface area contributed by atoms with Crippen molar-refractivity contribution in [2.45, 2.75) is 25.7 Å². The van der Waals surface area contributed by atoms with Crippen LogP contribution in [0.2, 0.25) is 0 Å². The van der Waals surface area contributed by atoms with E-state index in [1.54, 1.807) is 0 Å². The minimum absolute atomic E-state index is 0.00120. The first-order valence-corrected chi connectivity index (χ1v) is 9.50. The van der Waals surface area contributed by atoms with Crippen LogP contribution in [0.4, 0.5) is 0 Å². The summed E-state index contributed by atoms with van der Waals surface area (Å²) in [5, 5.41) is 6.73. The summed E-state index contributed by atoms with van der Waals surface area (Å²) in [7, 11) is 0. The minimum atomic E-state index is 0.00120. The van der Waals surface area contributed by atoms with E-state index in [0.717, 1.165) is 51.1 Å². The Bertz CT molecular complexity index is 518. The number of carbonyl (C=O) groups is 2. The van der Waals surface area contributed by atoms with Gasteiger partial charge in [-0.05, 0) is 24.3 Å². The summed E-state index contributed by atoms with van der Waals surface area (Å²) in [4.78, 5) is 28.6. The maximum Gasteiger partial charge on any atom is 0.252 e. The fourth-order valence-electron chi connectivity index (χ4n) is 3.45. The molecule has 0 aromatic carbocycles. The topological polar surface area (TPSA) is 52.7 Å². The molecule has 2 amide bonds. The molecule has 23 heavy (non-hydrogen) atoms. The fraction of sp³-hybridized carbons (Fsp3) is 0.647. The van der Waals surface area contributed by atoms with E-state index in [4.69, 9.17) is 0 Å². The van der Waals surface area contributed by atoms with Crippen molar-refractivity contribution in [2.24, 2.45) is 5.92 Å². The van der Waals surface area contributed by atoms with Crippen molar-refractivity contribution >= 4 is 23.2 Å². The highest BCUT2D eigenvalue weighted by molar-refractivity contribution is 7.08. The number of hydrogen-bond donors (Lipinski definition) is 1. The molecule has 126 valence electrons. The molecule has 5 nitrogen and oxygen atoms in total. The predicted molar refractivity (Wildman–Crippen MR) is 91.6 cm³/mol. The van der Waals surface area contributed by atoms with Gasteiger partial charge < -0.3 is 10.2 Å². The zero-order valence-corrected chi connectivity index (χ0v) is 14.3. The number of thiophene rings is 1. The predicted octanol–water partition coefficient (Wildman–Crippen LogP) is 1.81. The van der Waals surface area contributed by atoms with Crippen molar-refractivity contribution in [3.63, 3.8) is 0 Å². The summed E-state index contributed by atoms with van der Waals surface area (Å²) in [5.74, 6) is 0.653. The summed E-state index contributed by atoms with van der Waals surface area (Å²) in [6.45, 7) is 4.98. The Kier molecular flexibility index (Phi) is 5.67. The van der Waals surface area contributed by atoms with Crippen LogP contribution in [-0.2, 0) is 4.79 Å². The van der Waals surface area contributed by atoms with E-state index < -0.39 is 0 Å². The summed E-state index contributed by atoms with van der Waals surface area (Å²) in [5.41, 5.74) is 0.738. The SMILES string of the molecule is O=C(NCCN1CCN(C(=O)C2CCCC2)CC1)c1ccsc1. The van der Waals surface area contributed by atoms with E-state index in [-0.39, 0.29) is 11.8 Å². The van der Waals surface area contributed by atoms with Crippen LogP contribution < -0.4 is 5.32 Å². The molecule has 0 radical (unpaired) electrons. The zero-order chi connectivity index (χ0) is 16.1. The van der Waals surface area contributed by atoms with Crippen LogP contribution in [0.1, 0.15) is 36.0 Å². The Morgan fingerprint density at radius 1 is 1.17 bits per heavy atom. The smallest absolute Gasteiger partial charge is 0.252 e. The van der Waals surface area contributed by atoms with Gasteiger partial charge in [0.05, 0.1) is 0 Å². The minimum Gasteiger partial charge on any atom is -0.351 e. The Morgan fingerprint density at radius 2 is 1.91 bits per heavy atom. The molecule has 2 heterocycles. The Labute approximate surface area is 141 Å². The molecule has 1 aromatic rings. The van der Waals surface area contributed by atoms with E-state index in [2.05, 4.69) is 10.2 Å². The van der Waals surface area contributed by atoms with Gasteiger partial charge in [0.2, 0.25) is 5.91 Å². The van der Waals surface area contributed by atoms with Crippen molar-refractivity contribution in [2.75, 3.05) is 39.3 Å². The fourth-order valence-corrected chi connectivity index (χ4v) is 4.08. The molecule has 1 aliphatic heterocycles. The highest BCUT2D eigenvalue weighted by Gasteiger charge is 2.29. The average molecular weight is 335 g/mol. The number of rotatable bonds is 5. The van der Waals surface area contributed by atoms with Gasteiger partial charge in [-0.2, -0.15) is 11.3 Å². The van der Waals surface area contributed by atoms with Gasteiger partial charge in [-0.15, -0.1) is 0 Å². The first-order valence-electron chi connectivity index (χ1n) is 8.55. The summed E-state index contributed by atoms with van der Waals surface area (Å²) >= 11 is 1.53. The van der Waals surface area contributed by atoms with Crippen molar-refractivity contribution in [3.8, 4) is 0 Å². The van der Waals surface area contributed by atoms with E-state index in [0.29, 0.717) is 12.5 Å². The van der Waals surface area contributed by atoms with Crippen LogP contribution in [0.5, 0.6) is 0 Å². The lowest BCUT2D eigenvalue weighted by molar-refractivity contribution is -0.137. The Morgan fingerprint density at radius 3 is 2.57 bits per heavy atom. The maximum absolute atomic E-state index is 12.4. The molecule has 1 aromatic heterocycles. The standard InChI is InChI=1S/C17H25N3O2S/c21-16(15-5-12-23-13-15)18-6-7-19-8-10-20(11-9-19)17(22)14-3-1-2-4-14/h5,12-14H,1-4,6-11H2,(H,18,21). The van der Waals surface area contributed by atoms with Gasteiger partial charge in [0.1, 0.15) is 0 Å². The van der Waals surface area contributed by atoms with Crippen molar-refractivity contribution in [1.29, 1.82) is 0 Å². The molecule has 1 aliphatic carbocycles. The Balaban J connectivity index is 1.34. The van der Waals surface area contributed by atoms with Gasteiger partial charge in [0.15, 0.2) is 0 Å².